The highest BCUT2D eigenvalue weighted by atomic mass is 32.1. The normalized spacial score (nSPS) is 19.0. The van der Waals surface area contributed by atoms with Crippen molar-refractivity contribution in [3.63, 3.8) is 0 Å². The molecule has 0 bridgehead atoms. The third kappa shape index (κ3) is 4.80. The van der Waals surface area contributed by atoms with Gasteiger partial charge >= 0.3 is 0 Å². The van der Waals surface area contributed by atoms with Gasteiger partial charge in [-0.3, -0.25) is 14.2 Å². The lowest BCUT2D eigenvalue weighted by atomic mass is 10.1. The van der Waals surface area contributed by atoms with Crippen molar-refractivity contribution >= 4 is 33.4 Å². The van der Waals surface area contributed by atoms with E-state index in [1.165, 1.54) is 11.3 Å². The second-order valence-electron chi connectivity index (χ2n) is 9.11. The van der Waals surface area contributed by atoms with E-state index in [-0.39, 0.29) is 30.1 Å². The fraction of sp³-hybridized carbons (Fsp3) is 0.440. The molecule has 2 fully saturated rings. The maximum Gasteiger partial charge on any atom is 0.273 e. The van der Waals surface area contributed by atoms with Crippen LogP contribution in [0.3, 0.4) is 0 Å². The number of thiophene rings is 1. The lowest BCUT2D eigenvalue weighted by molar-refractivity contribution is 0.0697. The molecule has 0 saturated carbocycles. The van der Waals surface area contributed by atoms with Crippen LogP contribution >= 0.6 is 11.3 Å². The van der Waals surface area contributed by atoms with Crippen molar-refractivity contribution in [3.05, 3.63) is 56.7 Å². The molecule has 9 nitrogen and oxygen atoms in total. The summed E-state index contributed by atoms with van der Waals surface area (Å²) >= 11 is 1.23. The Kier molecular flexibility index (Phi) is 6.81. The van der Waals surface area contributed by atoms with E-state index in [1.54, 1.807) is 22.1 Å². The Balaban J connectivity index is 1.58. The van der Waals surface area contributed by atoms with Crippen LogP contribution in [0.1, 0.15) is 47.2 Å². The van der Waals surface area contributed by atoms with Gasteiger partial charge in [0, 0.05) is 43.8 Å². The Morgan fingerprint density at radius 3 is 2.86 bits per heavy atom. The summed E-state index contributed by atoms with van der Waals surface area (Å²) in [5, 5.41) is 14.4. The molecule has 0 unspecified atom stereocenters. The molecular weight excluding hydrogens is 464 g/mol. The van der Waals surface area contributed by atoms with E-state index in [2.05, 4.69) is 11.4 Å². The van der Waals surface area contributed by atoms with E-state index in [9.17, 15) is 14.9 Å². The van der Waals surface area contributed by atoms with Crippen LogP contribution in [0.5, 0.6) is 0 Å². The molecular formula is C25H28N6O3S. The summed E-state index contributed by atoms with van der Waals surface area (Å²) < 4.78 is 7.44. The number of nitriles is 1. The number of nitrogens with two attached hydrogens (primary N) is 1. The van der Waals surface area contributed by atoms with E-state index in [0.717, 1.165) is 37.8 Å². The van der Waals surface area contributed by atoms with Gasteiger partial charge in [0.05, 0.1) is 23.7 Å². The maximum absolute atomic E-state index is 13.7. The third-order valence-electron chi connectivity index (χ3n) is 6.67. The zero-order valence-corrected chi connectivity index (χ0v) is 20.2. The van der Waals surface area contributed by atoms with Gasteiger partial charge in [-0.2, -0.15) is 5.26 Å². The number of benzene rings is 1. The first-order valence-corrected chi connectivity index (χ1v) is 12.8. The van der Waals surface area contributed by atoms with Crippen LogP contribution < -0.4 is 21.5 Å². The number of amides is 1. The Bertz CT molecular complexity index is 1340. The molecule has 2 aliphatic heterocycles. The number of fused-ring (bicyclic) bond motifs is 1. The highest BCUT2D eigenvalue weighted by Gasteiger charge is 2.26. The molecule has 1 aromatic carbocycles. The number of nitrogens with one attached hydrogen (secondary N) is 1. The lowest BCUT2D eigenvalue weighted by Gasteiger charge is -2.33. The van der Waals surface area contributed by atoms with Crippen LogP contribution in [-0.2, 0) is 11.3 Å². The fourth-order valence-corrected chi connectivity index (χ4v) is 5.70. The average Bonchev–Trinajstić information content (AvgIpc) is 3.31. The smallest absolute Gasteiger partial charge is 0.273 e. The fourth-order valence-electron chi connectivity index (χ4n) is 4.77. The van der Waals surface area contributed by atoms with E-state index >= 15 is 0 Å². The van der Waals surface area contributed by atoms with Gasteiger partial charge in [0.1, 0.15) is 10.2 Å². The molecule has 0 radical (unpaired) electrons. The first kappa shape index (κ1) is 23.5. The standard InChI is InChI=1S/C25H28N6O3S/c26-12-16-4-1-2-5-17(16)13-31-24(33)22-21(29-25(31)30-9-3-6-18(27)14-30)20(15-35-22)23(32)28-19-7-10-34-11-8-19/h1-2,4-5,15,18-19H,3,6-11,13-14,27H2,(H,28,32)/t18-/m1/s1. The predicted molar refractivity (Wildman–Crippen MR) is 135 cm³/mol. The monoisotopic (exact) mass is 492 g/mol. The molecule has 35 heavy (non-hydrogen) atoms. The first-order chi connectivity index (χ1) is 17.0. The maximum atomic E-state index is 13.7. The Hall–Kier alpha value is -3.26. The molecule has 1 amide bonds. The van der Waals surface area contributed by atoms with Crippen molar-refractivity contribution in [2.45, 2.75) is 44.3 Å². The number of hydrogen-bond donors (Lipinski definition) is 2. The molecule has 10 heteroatoms. The summed E-state index contributed by atoms with van der Waals surface area (Å²) in [5.74, 6) is 0.271. The van der Waals surface area contributed by atoms with Crippen molar-refractivity contribution in [1.29, 1.82) is 5.26 Å². The molecule has 182 valence electrons. The van der Waals surface area contributed by atoms with Crippen molar-refractivity contribution in [1.82, 2.24) is 14.9 Å². The number of nitrogens with zero attached hydrogens (tertiary/aromatic N) is 4. The van der Waals surface area contributed by atoms with Crippen molar-refractivity contribution < 1.29 is 9.53 Å². The van der Waals surface area contributed by atoms with Crippen LogP contribution in [0, 0.1) is 11.3 Å². The minimum atomic E-state index is -0.219. The highest BCUT2D eigenvalue weighted by Crippen LogP contribution is 2.27. The van der Waals surface area contributed by atoms with Crippen LogP contribution in [0.15, 0.2) is 34.4 Å². The number of rotatable bonds is 5. The van der Waals surface area contributed by atoms with E-state index in [4.69, 9.17) is 15.5 Å². The van der Waals surface area contributed by atoms with Gasteiger partial charge in [-0.15, -0.1) is 11.3 Å². The quantitative estimate of drug-likeness (QED) is 0.559. The summed E-state index contributed by atoms with van der Waals surface area (Å²) in [6.07, 6.45) is 3.34. The SMILES string of the molecule is N#Cc1ccccc1Cn1c(N2CCC[C@@H](N)C2)nc2c(C(=O)NC3CCOCC3)csc2c1=O. The van der Waals surface area contributed by atoms with Gasteiger partial charge in [0.25, 0.3) is 11.5 Å². The van der Waals surface area contributed by atoms with Crippen molar-refractivity contribution in [3.8, 4) is 6.07 Å². The first-order valence-electron chi connectivity index (χ1n) is 11.9. The van der Waals surface area contributed by atoms with Crippen LogP contribution in [0.4, 0.5) is 5.95 Å². The molecule has 0 aliphatic carbocycles. The van der Waals surface area contributed by atoms with Crippen LogP contribution in [-0.4, -0.2) is 53.8 Å². The van der Waals surface area contributed by atoms with E-state index in [1.807, 2.05) is 17.0 Å². The average molecular weight is 493 g/mol. The number of piperidine rings is 1. The topological polar surface area (TPSA) is 126 Å². The van der Waals surface area contributed by atoms with Gasteiger partial charge in [0.15, 0.2) is 0 Å². The Labute approximate surface area is 207 Å². The summed E-state index contributed by atoms with van der Waals surface area (Å²) in [6.45, 7) is 2.77. The molecule has 1 atom stereocenters. The number of ether oxygens (including phenoxy) is 1. The predicted octanol–water partition coefficient (Wildman–Crippen LogP) is 2.21. The second-order valence-corrected chi connectivity index (χ2v) is 9.99. The van der Waals surface area contributed by atoms with Crippen molar-refractivity contribution in [2.24, 2.45) is 5.73 Å². The van der Waals surface area contributed by atoms with Gasteiger partial charge in [-0.05, 0) is 37.3 Å². The minimum absolute atomic E-state index is 0.0186. The molecule has 4 heterocycles. The van der Waals surface area contributed by atoms with Crippen LogP contribution in [0.2, 0.25) is 0 Å². The van der Waals surface area contributed by atoms with E-state index in [0.29, 0.717) is 47.1 Å². The summed E-state index contributed by atoms with van der Waals surface area (Å²) in [6, 6.07) is 9.49. The lowest BCUT2D eigenvalue weighted by Crippen LogP contribution is -2.45. The Morgan fingerprint density at radius 2 is 2.09 bits per heavy atom. The van der Waals surface area contributed by atoms with Gasteiger partial charge in [-0.25, -0.2) is 4.98 Å². The number of hydrogen-bond acceptors (Lipinski definition) is 8. The van der Waals surface area contributed by atoms with Crippen molar-refractivity contribution in [2.75, 3.05) is 31.2 Å². The second kappa shape index (κ2) is 10.2. The number of aromatic nitrogens is 2. The number of anilines is 1. The molecule has 2 aliphatic rings. The Morgan fingerprint density at radius 1 is 1.29 bits per heavy atom. The zero-order chi connectivity index (χ0) is 24.4. The number of carbonyl (C=O) groups excluding carboxylic acids is 1. The summed E-state index contributed by atoms with van der Waals surface area (Å²) in [4.78, 5) is 33.8. The number of carbonyl (C=O) groups is 1. The van der Waals surface area contributed by atoms with Gasteiger partial charge in [-0.1, -0.05) is 18.2 Å². The molecule has 2 saturated heterocycles. The van der Waals surface area contributed by atoms with Gasteiger partial charge < -0.3 is 20.7 Å². The molecule has 0 spiro atoms. The zero-order valence-electron chi connectivity index (χ0n) is 19.4. The molecule has 2 aromatic heterocycles. The minimum Gasteiger partial charge on any atom is -0.381 e. The summed E-state index contributed by atoms with van der Waals surface area (Å²) in [7, 11) is 0. The van der Waals surface area contributed by atoms with E-state index < -0.39 is 0 Å². The summed E-state index contributed by atoms with van der Waals surface area (Å²) in [5.41, 5.74) is 8.14. The third-order valence-corrected chi connectivity index (χ3v) is 7.62. The van der Waals surface area contributed by atoms with Gasteiger partial charge in [0.2, 0.25) is 5.95 Å². The molecule has 3 aromatic rings. The molecule has 5 rings (SSSR count). The highest BCUT2D eigenvalue weighted by molar-refractivity contribution is 7.17. The largest absolute Gasteiger partial charge is 0.381 e. The molecule has 3 N–H and O–H groups in total. The van der Waals surface area contributed by atoms with Crippen LogP contribution in [0.25, 0.3) is 10.2 Å².